The van der Waals surface area contributed by atoms with E-state index in [9.17, 15) is 18.0 Å². The van der Waals surface area contributed by atoms with E-state index < -0.39 is 17.6 Å². The summed E-state index contributed by atoms with van der Waals surface area (Å²) in [6.45, 7) is 3.41. The Morgan fingerprint density at radius 2 is 1.94 bits per heavy atom. The molecule has 1 aromatic heterocycles. The molecule has 1 atom stereocenters. The van der Waals surface area contributed by atoms with Crippen LogP contribution in [0.15, 0.2) is 48.5 Å². The van der Waals surface area contributed by atoms with E-state index in [0.717, 1.165) is 43.0 Å². The monoisotopic (exact) mass is 470 g/mol. The van der Waals surface area contributed by atoms with Crippen molar-refractivity contribution in [2.24, 2.45) is 0 Å². The second kappa shape index (κ2) is 9.30. The van der Waals surface area contributed by atoms with Crippen LogP contribution in [-0.2, 0) is 6.18 Å². The van der Waals surface area contributed by atoms with Crippen molar-refractivity contribution in [3.8, 4) is 11.3 Å². The summed E-state index contributed by atoms with van der Waals surface area (Å²) >= 11 is 0. The maximum Gasteiger partial charge on any atom is 0.416 e. The molecule has 3 aromatic rings. The Morgan fingerprint density at radius 1 is 1.21 bits per heavy atom. The van der Waals surface area contributed by atoms with Gasteiger partial charge >= 0.3 is 6.18 Å². The average Bonchev–Trinajstić information content (AvgIpc) is 3.47. The summed E-state index contributed by atoms with van der Waals surface area (Å²) in [5.74, 6) is 0.142. The first-order chi connectivity index (χ1) is 16.2. The predicted molar refractivity (Wildman–Crippen MR) is 126 cm³/mol. The Kier molecular flexibility index (Phi) is 6.43. The molecule has 1 aliphatic rings. The maximum atomic E-state index is 12.9. The van der Waals surface area contributed by atoms with Crippen molar-refractivity contribution in [3.05, 3.63) is 65.2 Å². The van der Waals surface area contributed by atoms with Gasteiger partial charge in [-0.1, -0.05) is 18.2 Å². The van der Waals surface area contributed by atoms with E-state index in [0.29, 0.717) is 22.7 Å². The number of nitrogens with zero attached hydrogens (tertiary/aromatic N) is 2. The molecule has 0 saturated carbocycles. The van der Waals surface area contributed by atoms with Crippen molar-refractivity contribution >= 4 is 23.1 Å². The summed E-state index contributed by atoms with van der Waals surface area (Å²) in [6, 6.07) is 11.3. The number of hydrogen-bond donors (Lipinski definition) is 4. The number of carbonyl (C=O) groups is 1. The fourth-order valence-electron chi connectivity index (χ4n) is 4.10. The quantitative estimate of drug-likeness (QED) is 0.390. The lowest BCUT2D eigenvalue weighted by Crippen LogP contribution is -2.16. The van der Waals surface area contributed by atoms with Crippen LogP contribution in [0.25, 0.3) is 11.3 Å². The van der Waals surface area contributed by atoms with Crippen LogP contribution in [-0.4, -0.2) is 41.5 Å². The lowest BCUT2D eigenvalue weighted by molar-refractivity contribution is -0.137. The van der Waals surface area contributed by atoms with E-state index >= 15 is 0 Å². The average molecular weight is 470 g/mol. The van der Waals surface area contributed by atoms with Crippen LogP contribution in [0.5, 0.6) is 0 Å². The molecular formula is C24H25F3N6O. The van der Waals surface area contributed by atoms with Crippen molar-refractivity contribution in [1.29, 1.82) is 5.41 Å². The van der Waals surface area contributed by atoms with E-state index in [1.165, 1.54) is 12.1 Å². The number of hydrogen-bond acceptors (Lipinski definition) is 5. The lowest BCUT2D eigenvalue weighted by atomic mass is 10.0. The Bertz CT molecular complexity index is 1210. The van der Waals surface area contributed by atoms with Crippen molar-refractivity contribution in [1.82, 2.24) is 15.1 Å². The summed E-state index contributed by atoms with van der Waals surface area (Å²) < 4.78 is 40.8. The van der Waals surface area contributed by atoms with Gasteiger partial charge in [-0.05, 0) is 50.2 Å². The molecule has 1 saturated heterocycles. The van der Waals surface area contributed by atoms with Gasteiger partial charge in [0.1, 0.15) is 11.5 Å². The molecule has 7 nitrogen and oxygen atoms in total. The molecule has 4 N–H and O–H groups in total. The van der Waals surface area contributed by atoms with E-state index in [1.54, 1.807) is 38.2 Å². The first-order valence-electron chi connectivity index (χ1n) is 10.8. The molecule has 178 valence electrons. The molecule has 0 aliphatic carbocycles. The molecule has 10 heteroatoms. The summed E-state index contributed by atoms with van der Waals surface area (Å²) in [4.78, 5) is 12.5. The topological polar surface area (TPSA) is 94.8 Å². The zero-order valence-corrected chi connectivity index (χ0v) is 18.8. The zero-order chi connectivity index (χ0) is 24.5. The van der Waals surface area contributed by atoms with Crippen LogP contribution in [0.1, 0.15) is 40.9 Å². The largest absolute Gasteiger partial charge is 0.416 e. The minimum Gasteiger partial charge on any atom is -0.373 e. The molecule has 2 aromatic carbocycles. The second-order valence-corrected chi connectivity index (χ2v) is 8.15. The highest BCUT2D eigenvalue weighted by molar-refractivity contribution is 6.07. The third kappa shape index (κ3) is 4.67. The number of carbonyl (C=O) groups excluding carboxylic acids is 1. The van der Waals surface area contributed by atoms with Gasteiger partial charge in [0.25, 0.3) is 5.91 Å². The molecule has 4 rings (SSSR count). The third-order valence-electron chi connectivity index (χ3n) is 5.77. The van der Waals surface area contributed by atoms with Gasteiger partial charge in [-0.2, -0.15) is 18.3 Å². The fraction of sp³-hybridized carbons (Fsp3) is 0.292. The molecular weight excluding hydrogens is 445 g/mol. The molecule has 34 heavy (non-hydrogen) atoms. The van der Waals surface area contributed by atoms with Gasteiger partial charge in [0.15, 0.2) is 0 Å². The molecule has 0 spiro atoms. The number of amides is 1. The number of aromatic nitrogens is 2. The van der Waals surface area contributed by atoms with E-state index in [1.807, 2.05) is 4.68 Å². The van der Waals surface area contributed by atoms with Gasteiger partial charge < -0.3 is 21.4 Å². The van der Waals surface area contributed by atoms with Crippen molar-refractivity contribution < 1.29 is 18.0 Å². The molecule has 1 fully saturated rings. The molecule has 0 radical (unpaired) electrons. The van der Waals surface area contributed by atoms with Gasteiger partial charge in [-0.25, -0.2) is 4.68 Å². The van der Waals surface area contributed by atoms with Crippen molar-refractivity contribution in [3.63, 3.8) is 0 Å². The summed E-state index contributed by atoms with van der Waals surface area (Å²) in [5.41, 5.74) is 1.97. The minimum atomic E-state index is -4.52. The molecule has 1 amide bonds. The Balaban J connectivity index is 1.60. The Hall–Kier alpha value is -3.66. The highest BCUT2D eigenvalue weighted by Gasteiger charge is 2.31. The van der Waals surface area contributed by atoms with Gasteiger partial charge in [0.2, 0.25) is 0 Å². The van der Waals surface area contributed by atoms with E-state index in [-0.39, 0.29) is 11.6 Å². The van der Waals surface area contributed by atoms with Crippen LogP contribution in [0, 0.1) is 5.41 Å². The third-order valence-corrected chi connectivity index (χ3v) is 5.77. The van der Waals surface area contributed by atoms with Gasteiger partial charge in [0.05, 0.1) is 17.2 Å². The molecule has 1 unspecified atom stereocenters. The van der Waals surface area contributed by atoms with E-state index in [4.69, 9.17) is 10.5 Å². The summed E-state index contributed by atoms with van der Waals surface area (Å²) in [5, 5.41) is 22.2. The number of rotatable bonds is 6. The highest BCUT2D eigenvalue weighted by atomic mass is 19.4. The van der Waals surface area contributed by atoms with Gasteiger partial charge in [-0.15, -0.1) is 0 Å². The fourth-order valence-corrected chi connectivity index (χ4v) is 4.10. The minimum absolute atomic E-state index is 0.0804. The van der Waals surface area contributed by atoms with Gasteiger partial charge in [-0.3, -0.25) is 4.79 Å². The Labute approximate surface area is 194 Å². The smallest absolute Gasteiger partial charge is 0.373 e. The van der Waals surface area contributed by atoms with Gasteiger partial charge in [0, 0.05) is 36.1 Å². The normalized spacial score (nSPS) is 15.9. The zero-order valence-electron chi connectivity index (χ0n) is 18.8. The number of halogens is 3. The van der Waals surface area contributed by atoms with Crippen molar-refractivity contribution in [2.75, 3.05) is 30.8 Å². The van der Waals surface area contributed by atoms with Crippen LogP contribution >= 0.6 is 0 Å². The Morgan fingerprint density at radius 3 is 2.53 bits per heavy atom. The number of benzene rings is 2. The molecule has 2 heterocycles. The number of alkyl halides is 3. The predicted octanol–water partition coefficient (Wildman–Crippen LogP) is 4.79. The molecule has 0 bridgehead atoms. The number of anilines is 2. The first kappa shape index (κ1) is 23.5. The lowest BCUT2D eigenvalue weighted by Gasteiger charge is -2.13. The first-order valence-corrected chi connectivity index (χ1v) is 10.8. The summed E-state index contributed by atoms with van der Waals surface area (Å²) in [7, 11) is 1.80. The second-order valence-electron chi connectivity index (χ2n) is 8.15. The van der Waals surface area contributed by atoms with Crippen LogP contribution in [0.4, 0.5) is 24.7 Å². The number of nitrogens with one attached hydrogen (secondary N) is 4. The van der Waals surface area contributed by atoms with Crippen LogP contribution < -0.4 is 16.0 Å². The standard InChI is InChI=1S/C24H25F3N6O/c1-14(28)20-21(32-33(22(20)29-2)19-10-11-30-13-19)15-6-8-18(9-7-15)31-23(34)16-4-3-5-17(12-16)24(25,26)27/h3-9,12,19,28-30H,10-11,13H2,1-2H3,(H,31,34). The highest BCUT2D eigenvalue weighted by Crippen LogP contribution is 2.33. The SMILES string of the molecule is CNc1c(C(C)=N)c(-c2ccc(NC(=O)c3cccc(C(F)(F)F)c3)cc2)nn1C1CCNC1. The van der Waals surface area contributed by atoms with Crippen LogP contribution in [0.2, 0.25) is 0 Å². The van der Waals surface area contributed by atoms with E-state index in [2.05, 4.69) is 16.0 Å². The summed E-state index contributed by atoms with van der Waals surface area (Å²) in [6.07, 6.45) is -3.58. The van der Waals surface area contributed by atoms with Crippen molar-refractivity contribution in [2.45, 2.75) is 25.6 Å². The maximum absolute atomic E-state index is 12.9. The van der Waals surface area contributed by atoms with Crippen LogP contribution in [0.3, 0.4) is 0 Å². The molecule has 1 aliphatic heterocycles.